The lowest BCUT2D eigenvalue weighted by Crippen LogP contribution is -2.41. The Morgan fingerprint density at radius 1 is 1.19 bits per heavy atom. The molecule has 0 aliphatic heterocycles. The molecule has 1 rings (SSSR count). The zero-order chi connectivity index (χ0) is 16.0. The molecule has 0 fully saturated rings. The summed E-state index contributed by atoms with van der Waals surface area (Å²) in [7, 11) is 0. The molecule has 0 aliphatic rings. The minimum absolute atomic E-state index is 0.270. The number of nitrogens with one attached hydrogen (secondary N) is 2. The van der Waals surface area contributed by atoms with Gasteiger partial charge < -0.3 is 15.7 Å². The molecule has 5 nitrogen and oxygen atoms in total. The Morgan fingerprint density at radius 3 is 2.29 bits per heavy atom. The Bertz CT molecular complexity index is 493. The smallest absolute Gasteiger partial charge is 0.313 e. The molecular formula is C16H24N2O3. The highest BCUT2D eigenvalue weighted by Gasteiger charge is 2.23. The Labute approximate surface area is 125 Å². The van der Waals surface area contributed by atoms with E-state index in [1.165, 1.54) is 0 Å². The Kier molecular flexibility index (Phi) is 5.90. The van der Waals surface area contributed by atoms with E-state index in [0.29, 0.717) is 18.7 Å². The third kappa shape index (κ3) is 6.40. The van der Waals surface area contributed by atoms with Crippen LogP contribution in [-0.2, 0) is 9.59 Å². The lowest BCUT2D eigenvalue weighted by atomic mass is 9.87. The maximum absolute atomic E-state index is 11.8. The van der Waals surface area contributed by atoms with Gasteiger partial charge in [-0.05, 0) is 37.8 Å². The first-order chi connectivity index (χ1) is 9.69. The number of aliphatic hydroxyl groups is 1. The van der Waals surface area contributed by atoms with Crippen LogP contribution in [0.1, 0.15) is 32.8 Å². The predicted octanol–water partition coefficient (Wildman–Crippen LogP) is 1.85. The molecule has 0 heterocycles. The summed E-state index contributed by atoms with van der Waals surface area (Å²) in [6, 6.07) is 7.22. The Balaban J connectivity index is 2.48. The van der Waals surface area contributed by atoms with E-state index in [1.807, 2.05) is 32.9 Å². The minimum atomic E-state index is -0.688. The van der Waals surface area contributed by atoms with Crippen molar-refractivity contribution in [3.63, 3.8) is 0 Å². The first-order valence-corrected chi connectivity index (χ1v) is 7.03. The van der Waals surface area contributed by atoms with Crippen molar-refractivity contribution < 1.29 is 14.7 Å². The van der Waals surface area contributed by atoms with Crippen LogP contribution in [0.25, 0.3) is 0 Å². The quantitative estimate of drug-likeness (QED) is 0.725. The van der Waals surface area contributed by atoms with Gasteiger partial charge in [0, 0.05) is 12.2 Å². The highest BCUT2D eigenvalue weighted by Crippen LogP contribution is 2.21. The van der Waals surface area contributed by atoms with E-state index in [0.717, 1.165) is 5.56 Å². The molecule has 1 aromatic rings. The zero-order valence-electron chi connectivity index (χ0n) is 13.1. The van der Waals surface area contributed by atoms with E-state index in [1.54, 1.807) is 19.1 Å². The van der Waals surface area contributed by atoms with E-state index in [4.69, 9.17) is 0 Å². The normalized spacial score (nSPS) is 12.6. The van der Waals surface area contributed by atoms with Gasteiger partial charge in [-0.1, -0.05) is 31.5 Å². The molecule has 0 spiro atoms. The average Bonchev–Trinajstić information content (AvgIpc) is 2.37. The number of amides is 2. The van der Waals surface area contributed by atoms with Crippen molar-refractivity contribution in [1.82, 2.24) is 5.32 Å². The van der Waals surface area contributed by atoms with E-state index < -0.39 is 17.9 Å². The van der Waals surface area contributed by atoms with Crippen LogP contribution < -0.4 is 10.6 Å². The molecule has 0 aliphatic carbocycles. The molecule has 2 amide bonds. The fourth-order valence-corrected chi connectivity index (χ4v) is 2.10. The summed E-state index contributed by atoms with van der Waals surface area (Å²) in [6.45, 7) is 7.84. The predicted molar refractivity (Wildman–Crippen MR) is 82.9 cm³/mol. The van der Waals surface area contributed by atoms with E-state index in [-0.39, 0.29) is 5.41 Å². The monoisotopic (exact) mass is 292 g/mol. The number of aliphatic hydroxyl groups excluding tert-OH is 1. The third-order valence-corrected chi connectivity index (χ3v) is 3.09. The summed E-state index contributed by atoms with van der Waals surface area (Å²) in [5.74, 6) is -1.36. The van der Waals surface area contributed by atoms with Gasteiger partial charge in [0.05, 0.1) is 6.10 Å². The van der Waals surface area contributed by atoms with E-state index in [2.05, 4.69) is 10.6 Å². The van der Waals surface area contributed by atoms with E-state index in [9.17, 15) is 14.7 Å². The molecule has 0 aromatic heterocycles. The molecule has 0 radical (unpaired) electrons. The van der Waals surface area contributed by atoms with Gasteiger partial charge >= 0.3 is 11.8 Å². The summed E-state index contributed by atoms with van der Waals surface area (Å²) in [5.41, 5.74) is 1.40. The van der Waals surface area contributed by atoms with Crippen molar-refractivity contribution in [2.24, 2.45) is 5.41 Å². The number of benzene rings is 1. The van der Waals surface area contributed by atoms with Gasteiger partial charge in [-0.2, -0.15) is 0 Å². The second-order valence-corrected chi connectivity index (χ2v) is 6.22. The fourth-order valence-electron chi connectivity index (χ4n) is 2.10. The van der Waals surface area contributed by atoms with Crippen molar-refractivity contribution in [2.45, 2.75) is 40.2 Å². The van der Waals surface area contributed by atoms with Crippen LogP contribution >= 0.6 is 0 Å². The SMILES string of the molecule is Cc1ccc(NC(=O)C(=O)NCC(C)(C)CC(C)O)cc1. The van der Waals surface area contributed by atoms with Crippen molar-refractivity contribution >= 4 is 17.5 Å². The first kappa shape index (κ1) is 17.2. The molecule has 1 aromatic carbocycles. The number of carbonyl (C=O) groups excluding carboxylic acids is 2. The zero-order valence-corrected chi connectivity index (χ0v) is 13.1. The van der Waals surface area contributed by atoms with Gasteiger partial charge in [0.2, 0.25) is 0 Å². The molecule has 5 heteroatoms. The Hall–Kier alpha value is -1.88. The topological polar surface area (TPSA) is 78.4 Å². The third-order valence-electron chi connectivity index (χ3n) is 3.09. The van der Waals surface area contributed by atoms with Gasteiger partial charge in [0.15, 0.2) is 0 Å². The summed E-state index contributed by atoms with van der Waals surface area (Å²) < 4.78 is 0. The molecule has 3 N–H and O–H groups in total. The minimum Gasteiger partial charge on any atom is -0.393 e. The number of rotatable bonds is 5. The van der Waals surface area contributed by atoms with Crippen LogP contribution in [0.2, 0.25) is 0 Å². The molecule has 1 unspecified atom stereocenters. The largest absolute Gasteiger partial charge is 0.393 e. The fraction of sp³-hybridized carbons (Fsp3) is 0.500. The number of hydrogen-bond donors (Lipinski definition) is 3. The number of aryl methyl sites for hydroxylation is 1. The maximum atomic E-state index is 11.8. The summed E-state index contributed by atoms with van der Waals surface area (Å²) in [5, 5.41) is 14.5. The second-order valence-electron chi connectivity index (χ2n) is 6.22. The van der Waals surface area contributed by atoms with Crippen LogP contribution in [0.3, 0.4) is 0 Å². The van der Waals surface area contributed by atoms with Crippen LogP contribution in [0.15, 0.2) is 24.3 Å². The van der Waals surface area contributed by atoms with Gasteiger partial charge in [0.1, 0.15) is 0 Å². The summed E-state index contributed by atoms with van der Waals surface area (Å²) in [6.07, 6.45) is 0.102. The van der Waals surface area contributed by atoms with Crippen molar-refractivity contribution in [3.05, 3.63) is 29.8 Å². The van der Waals surface area contributed by atoms with Gasteiger partial charge in [0.25, 0.3) is 0 Å². The van der Waals surface area contributed by atoms with Crippen LogP contribution in [0.4, 0.5) is 5.69 Å². The van der Waals surface area contributed by atoms with Gasteiger partial charge in [-0.15, -0.1) is 0 Å². The summed E-state index contributed by atoms with van der Waals surface area (Å²) in [4.78, 5) is 23.5. The van der Waals surface area contributed by atoms with Crippen LogP contribution in [0.5, 0.6) is 0 Å². The molecule has 21 heavy (non-hydrogen) atoms. The molecule has 0 saturated heterocycles. The number of hydrogen-bond acceptors (Lipinski definition) is 3. The van der Waals surface area contributed by atoms with Crippen molar-refractivity contribution in [2.75, 3.05) is 11.9 Å². The average molecular weight is 292 g/mol. The van der Waals surface area contributed by atoms with Crippen LogP contribution in [-0.4, -0.2) is 29.6 Å². The highest BCUT2D eigenvalue weighted by atomic mass is 16.3. The number of carbonyl (C=O) groups is 2. The standard InChI is InChI=1S/C16H24N2O3/c1-11-5-7-13(8-6-11)18-15(21)14(20)17-10-16(3,4)9-12(2)19/h5-8,12,19H,9-10H2,1-4H3,(H,17,20)(H,18,21). The summed E-state index contributed by atoms with van der Waals surface area (Å²) >= 11 is 0. The second kappa shape index (κ2) is 7.22. The van der Waals surface area contributed by atoms with Gasteiger partial charge in [-0.3, -0.25) is 9.59 Å². The molecule has 0 bridgehead atoms. The highest BCUT2D eigenvalue weighted by molar-refractivity contribution is 6.39. The maximum Gasteiger partial charge on any atom is 0.313 e. The lowest BCUT2D eigenvalue weighted by Gasteiger charge is -2.26. The van der Waals surface area contributed by atoms with Crippen molar-refractivity contribution in [3.8, 4) is 0 Å². The molecule has 116 valence electrons. The molecular weight excluding hydrogens is 268 g/mol. The van der Waals surface area contributed by atoms with E-state index >= 15 is 0 Å². The van der Waals surface area contributed by atoms with Crippen molar-refractivity contribution in [1.29, 1.82) is 0 Å². The van der Waals surface area contributed by atoms with Gasteiger partial charge in [-0.25, -0.2) is 0 Å². The lowest BCUT2D eigenvalue weighted by molar-refractivity contribution is -0.136. The molecule has 0 saturated carbocycles. The number of anilines is 1. The first-order valence-electron chi connectivity index (χ1n) is 7.03. The Morgan fingerprint density at radius 2 is 1.76 bits per heavy atom. The van der Waals surface area contributed by atoms with Crippen LogP contribution in [0, 0.1) is 12.3 Å². The molecule has 1 atom stereocenters.